The quantitative estimate of drug-likeness (QED) is 0.358. The Morgan fingerprint density at radius 3 is 2.65 bits per heavy atom. The van der Waals surface area contributed by atoms with Crippen molar-refractivity contribution in [2.45, 2.75) is 33.7 Å². The number of aromatic amines is 1. The van der Waals surface area contributed by atoms with Crippen molar-refractivity contribution in [3.05, 3.63) is 50.7 Å². The Balaban J connectivity index is 2.29. The molecule has 34 heavy (non-hydrogen) atoms. The summed E-state index contributed by atoms with van der Waals surface area (Å²) in [5, 5.41) is 5.79. The van der Waals surface area contributed by atoms with Crippen LogP contribution in [-0.4, -0.2) is 54.7 Å². The average Bonchev–Trinajstić information content (AvgIpc) is 2.80. The van der Waals surface area contributed by atoms with Gasteiger partial charge < -0.3 is 26.0 Å². The van der Waals surface area contributed by atoms with Gasteiger partial charge in [-0.05, 0) is 30.5 Å². The van der Waals surface area contributed by atoms with E-state index in [1.165, 1.54) is 16.6 Å². The molecule has 0 fully saturated rings. The predicted octanol–water partition coefficient (Wildman–Crippen LogP) is 1.01. The highest BCUT2D eigenvalue weighted by molar-refractivity contribution is 5.98. The summed E-state index contributed by atoms with van der Waals surface area (Å²) in [6.45, 7) is 6.67. The molecule has 2 aromatic rings. The highest BCUT2D eigenvalue weighted by atomic mass is 16.5. The van der Waals surface area contributed by atoms with Crippen LogP contribution in [0, 0.1) is 5.92 Å². The van der Waals surface area contributed by atoms with Crippen LogP contribution in [0.1, 0.15) is 37.6 Å². The van der Waals surface area contributed by atoms with E-state index in [1.807, 2.05) is 20.8 Å². The molecular formula is C23H34N6O5. The molecule has 0 spiro atoms. The topological polar surface area (TPSA) is 152 Å². The molecule has 186 valence electrons. The maximum absolute atomic E-state index is 13.1. The number of carbonyl (C=O) groups is 2. The molecule has 1 aromatic carbocycles. The Bertz CT molecular complexity index is 1110. The first kappa shape index (κ1) is 26.7. The van der Waals surface area contributed by atoms with Crippen molar-refractivity contribution < 1.29 is 14.3 Å². The van der Waals surface area contributed by atoms with E-state index in [1.54, 1.807) is 24.3 Å². The van der Waals surface area contributed by atoms with Gasteiger partial charge in [0.15, 0.2) is 5.69 Å². The van der Waals surface area contributed by atoms with Crippen molar-refractivity contribution in [2.75, 3.05) is 49.3 Å². The number of nitrogens with two attached hydrogens (primary N) is 1. The number of nitrogens with zero attached hydrogens (tertiary/aromatic N) is 2. The summed E-state index contributed by atoms with van der Waals surface area (Å²) in [7, 11) is 1.48. The molecule has 0 saturated heterocycles. The molecule has 0 bridgehead atoms. The number of carbonyl (C=O) groups excluding carboxylic acids is 2. The predicted molar refractivity (Wildman–Crippen MR) is 132 cm³/mol. The minimum absolute atomic E-state index is 0.0592. The van der Waals surface area contributed by atoms with Gasteiger partial charge in [0.05, 0.1) is 13.2 Å². The van der Waals surface area contributed by atoms with Gasteiger partial charge in [-0.1, -0.05) is 26.8 Å². The molecule has 0 saturated carbocycles. The van der Waals surface area contributed by atoms with Crippen molar-refractivity contribution in [3.8, 4) is 0 Å². The third-order valence-corrected chi connectivity index (χ3v) is 4.96. The summed E-state index contributed by atoms with van der Waals surface area (Å²) < 4.78 is 6.35. The van der Waals surface area contributed by atoms with Gasteiger partial charge in [0.25, 0.3) is 11.5 Å². The summed E-state index contributed by atoms with van der Waals surface area (Å²) in [4.78, 5) is 53.7. The lowest BCUT2D eigenvalue weighted by Crippen LogP contribution is -2.44. The molecule has 0 aliphatic heterocycles. The number of hydrogen-bond acceptors (Lipinski definition) is 7. The monoisotopic (exact) mass is 474 g/mol. The summed E-state index contributed by atoms with van der Waals surface area (Å²) >= 11 is 0. The van der Waals surface area contributed by atoms with E-state index < -0.39 is 17.2 Å². The van der Waals surface area contributed by atoms with Crippen LogP contribution >= 0.6 is 0 Å². The first-order valence-corrected chi connectivity index (χ1v) is 11.2. The van der Waals surface area contributed by atoms with E-state index in [0.29, 0.717) is 17.8 Å². The number of anilines is 3. The molecule has 1 heterocycles. The van der Waals surface area contributed by atoms with Gasteiger partial charge >= 0.3 is 5.69 Å². The fourth-order valence-corrected chi connectivity index (χ4v) is 3.31. The van der Waals surface area contributed by atoms with E-state index in [2.05, 4.69) is 15.6 Å². The molecule has 2 rings (SSSR count). The number of H-pyrrole nitrogens is 1. The zero-order valence-electron chi connectivity index (χ0n) is 20.1. The maximum Gasteiger partial charge on any atom is 0.330 e. The maximum atomic E-state index is 13.1. The molecule has 11 nitrogen and oxygen atoms in total. The van der Waals surface area contributed by atoms with Crippen LogP contribution in [0.4, 0.5) is 17.2 Å². The second-order valence-corrected chi connectivity index (χ2v) is 8.23. The van der Waals surface area contributed by atoms with Crippen LogP contribution in [0.3, 0.4) is 0 Å². The Hall–Kier alpha value is -3.60. The molecule has 0 aliphatic rings. The highest BCUT2D eigenvalue weighted by Gasteiger charge is 2.24. The minimum atomic E-state index is -0.749. The Morgan fingerprint density at radius 1 is 1.26 bits per heavy atom. The smallest absolute Gasteiger partial charge is 0.330 e. The number of methoxy groups -OCH3 is 1. The zero-order chi connectivity index (χ0) is 25.3. The number of rotatable bonds is 12. The second kappa shape index (κ2) is 12.6. The summed E-state index contributed by atoms with van der Waals surface area (Å²) in [5.74, 6) is -0.651. The summed E-state index contributed by atoms with van der Waals surface area (Å²) in [5.41, 5.74) is 5.74. The van der Waals surface area contributed by atoms with Gasteiger partial charge in [-0.15, -0.1) is 0 Å². The van der Waals surface area contributed by atoms with E-state index in [9.17, 15) is 19.2 Å². The SMILES string of the molecule is CCCNC(=O)c1cccc(NCC(=O)N(CCOC)c2c(N)n(CC(C)C)c(=O)[nH]c2=O)c1. The van der Waals surface area contributed by atoms with E-state index >= 15 is 0 Å². The van der Waals surface area contributed by atoms with Gasteiger partial charge in [-0.25, -0.2) is 4.79 Å². The first-order chi connectivity index (χ1) is 16.2. The summed E-state index contributed by atoms with van der Waals surface area (Å²) in [6.07, 6.45) is 0.822. The van der Waals surface area contributed by atoms with Gasteiger partial charge in [-0.3, -0.25) is 23.9 Å². The molecule has 5 N–H and O–H groups in total. The molecule has 0 radical (unpaired) electrons. The van der Waals surface area contributed by atoms with Crippen molar-refractivity contribution in [1.29, 1.82) is 0 Å². The van der Waals surface area contributed by atoms with E-state index in [4.69, 9.17) is 10.5 Å². The Kier molecular flexibility index (Phi) is 9.87. The van der Waals surface area contributed by atoms with Crippen LogP contribution in [-0.2, 0) is 16.1 Å². The molecule has 1 aromatic heterocycles. The third kappa shape index (κ3) is 6.95. The van der Waals surface area contributed by atoms with Crippen molar-refractivity contribution >= 4 is 29.0 Å². The van der Waals surface area contributed by atoms with Crippen LogP contribution < -0.4 is 32.5 Å². The fourth-order valence-electron chi connectivity index (χ4n) is 3.31. The lowest BCUT2D eigenvalue weighted by Gasteiger charge is -2.25. The van der Waals surface area contributed by atoms with Crippen LogP contribution in [0.15, 0.2) is 33.9 Å². The molecule has 11 heteroatoms. The number of aromatic nitrogens is 2. The molecular weight excluding hydrogens is 440 g/mol. The zero-order valence-corrected chi connectivity index (χ0v) is 20.1. The van der Waals surface area contributed by atoms with Gasteiger partial charge in [-0.2, -0.15) is 0 Å². The number of nitrogens with one attached hydrogen (secondary N) is 3. The number of ether oxygens (including phenoxy) is 1. The van der Waals surface area contributed by atoms with Crippen molar-refractivity contribution in [3.63, 3.8) is 0 Å². The van der Waals surface area contributed by atoms with Crippen LogP contribution in [0.5, 0.6) is 0 Å². The Labute approximate surface area is 198 Å². The van der Waals surface area contributed by atoms with E-state index in [-0.39, 0.29) is 49.6 Å². The third-order valence-electron chi connectivity index (χ3n) is 4.96. The summed E-state index contributed by atoms with van der Waals surface area (Å²) in [6, 6.07) is 6.76. The Morgan fingerprint density at radius 2 is 2.00 bits per heavy atom. The molecule has 0 aliphatic carbocycles. The van der Waals surface area contributed by atoms with Gasteiger partial charge in [0, 0.05) is 38.0 Å². The number of benzene rings is 1. The first-order valence-electron chi connectivity index (χ1n) is 11.2. The number of nitrogen functional groups attached to an aromatic ring is 1. The second-order valence-electron chi connectivity index (χ2n) is 8.23. The van der Waals surface area contributed by atoms with Crippen LogP contribution in [0.2, 0.25) is 0 Å². The lowest BCUT2D eigenvalue weighted by molar-refractivity contribution is -0.117. The molecule has 0 unspecified atom stereocenters. The van der Waals surface area contributed by atoms with Crippen molar-refractivity contribution in [2.24, 2.45) is 5.92 Å². The van der Waals surface area contributed by atoms with Crippen LogP contribution in [0.25, 0.3) is 0 Å². The standard InChI is InChI=1S/C23H34N6O5/c1-5-9-25-21(31)16-7-6-8-17(12-16)26-13-18(30)28(10-11-34-4)19-20(24)29(14-15(2)3)23(33)27-22(19)32/h6-8,12,15,26H,5,9-11,13-14,24H2,1-4H3,(H,25,31)(H,27,32,33). The molecule has 0 atom stereocenters. The largest absolute Gasteiger partial charge is 0.383 e. The normalized spacial score (nSPS) is 10.9. The lowest BCUT2D eigenvalue weighted by atomic mass is 10.2. The minimum Gasteiger partial charge on any atom is -0.383 e. The van der Waals surface area contributed by atoms with Gasteiger partial charge in [0.1, 0.15) is 5.82 Å². The molecule has 2 amide bonds. The van der Waals surface area contributed by atoms with Crippen molar-refractivity contribution in [1.82, 2.24) is 14.9 Å². The fraction of sp³-hybridized carbons (Fsp3) is 0.478. The van der Waals surface area contributed by atoms with Gasteiger partial charge in [0.2, 0.25) is 5.91 Å². The number of hydrogen-bond donors (Lipinski definition) is 4. The average molecular weight is 475 g/mol. The highest BCUT2D eigenvalue weighted by Crippen LogP contribution is 2.18. The van der Waals surface area contributed by atoms with E-state index in [0.717, 1.165) is 6.42 Å². The number of amides is 2.